The molecule has 0 aliphatic carbocycles. The molecule has 1 aromatic carbocycles. The lowest BCUT2D eigenvalue weighted by Gasteiger charge is -2.13. The number of para-hydroxylation sites is 2. The quantitative estimate of drug-likeness (QED) is 0.852. The summed E-state index contributed by atoms with van der Waals surface area (Å²) in [6.45, 7) is 2.18. The van der Waals surface area contributed by atoms with Crippen LogP contribution in [0.15, 0.2) is 36.4 Å². The summed E-state index contributed by atoms with van der Waals surface area (Å²) < 4.78 is 0. The molecule has 0 spiro atoms. The van der Waals surface area contributed by atoms with Crippen molar-refractivity contribution in [2.45, 2.75) is 12.8 Å². The normalized spacial score (nSPS) is 14.5. The summed E-state index contributed by atoms with van der Waals surface area (Å²) in [5.41, 5.74) is 7.07. The Labute approximate surface area is 122 Å². The zero-order valence-electron chi connectivity index (χ0n) is 11.1. The Kier molecular flexibility index (Phi) is 3.60. The summed E-state index contributed by atoms with van der Waals surface area (Å²) in [6.07, 6.45) is 2.47. The Morgan fingerprint density at radius 1 is 1.15 bits per heavy atom. The summed E-state index contributed by atoms with van der Waals surface area (Å²) in [7, 11) is 0. The second-order valence-electron chi connectivity index (χ2n) is 4.87. The van der Waals surface area contributed by atoms with Crippen LogP contribution in [0.2, 0.25) is 0 Å². The smallest absolute Gasteiger partial charge is 0.265 e. The third kappa shape index (κ3) is 2.63. The van der Waals surface area contributed by atoms with Crippen LogP contribution >= 0.6 is 11.3 Å². The van der Waals surface area contributed by atoms with E-state index in [0.29, 0.717) is 11.4 Å². The molecule has 4 nitrogen and oxygen atoms in total. The van der Waals surface area contributed by atoms with Crippen molar-refractivity contribution >= 4 is 33.6 Å². The minimum Gasteiger partial charge on any atom is -0.397 e. The maximum absolute atomic E-state index is 12.2. The number of nitrogen functional groups attached to an aromatic ring is 1. The van der Waals surface area contributed by atoms with Crippen molar-refractivity contribution in [2.75, 3.05) is 29.0 Å². The first-order chi connectivity index (χ1) is 9.74. The van der Waals surface area contributed by atoms with Crippen LogP contribution in [0.1, 0.15) is 22.5 Å². The number of hydrogen-bond donors (Lipinski definition) is 2. The zero-order valence-corrected chi connectivity index (χ0v) is 12.0. The highest BCUT2D eigenvalue weighted by molar-refractivity contribution is 7.18. The molecule has 3 N–H and O–H groups in total. The fourth-order valence-electron chi connectivity index (χ4n) is 2.35. The van der Waals surface area contributed by atoms with Gasteiger partial charge in [-0.25, -0.2) is 0 Å². The number of benzene rings is 1. The number of anilines is 3. The molecule has 1 fully saturated rings. The van der Waals surface area contributed by atoms with E-state index in [0.717, 1.165) is 18.0 Å². The zero-order chi connectivity index (χ0) is 13.9. The molecule has 0 bridgehead atoms. The molecular weight excluding hydrogens is 270 g/mol. The Balaban J connectivity index is 1.73. The van der Waals surface area contributed by atoms with Gasteiger partial charge in [0.25, 0.3) is 5.91 Å². The standard InChI is InChI=1S/C15H17N3OS/c16-11-5-1-2-6-12(11)17-15(19)13-7-8-14(20-13)18-9-3-4-10-18/h1-2,5-8H,3-4,9-10,16H2,(H,17,19). The van der Waals surface area contributed by atoms with Gasteiger partial charge in [0.15, 0.2) is 0 Å². The predicted octanol–water partition coefficient (Wildman–Crippen LogP) is 3.18. The van der Waals surface area contributed by atoms with Gasteiger partial charge in [-0.1, -0.05) is 12.1 Å². The predicted molar refractivity (Wildman–Crippen MR) is 84.6 cm³/mol. The van der Waals surface area contributed by atoms with Crippen molar-refractivity contribution in [3.63, 3.8) is 0 Å². The Morgan fingerprint density at radius 2 is 1.90 bits per heavy atom. The topological polar surface area (TPSA) is 58.4 Å². The van der Waals surface area contributed by atoms with E-state index in [1.54, 1.807) is 6.07 Å². The van der Waals surface area contributed by atoms with Gasteiger partial charge >= 0.3 is 0 Å². The Morgan fingerprint density at radius 3 is 2.65 bits per heavy atom. The summed E-state index contributed by atoms with van der Waals surface area (Å²) >= 11 is 1.54. The molecule has 2 heterocycles. The van der Waals surface area contributed by atoms with E-state index in [1.165, 1.54) is 29.2 Å². The average Bonchev–Trinajstić information content (AvgIpc) is 3.11. The third-order valence-corrected chi connectivity index (χ3v) is 4.59. The van der Waals surface area contributed by atoms with E-state index in [1.807, 2.05) is 30.3 Å². The number of nitrogens with two attached hydrogens (primary N) is 1. The molecule has 20 heavy (non-hydrogen) atoms. The lowest BCUT2D eigenvalue weighted by atomic mass is 10.2. The van der Waals surface area contributed by atoms with Crippen molar-refractivity contribution in [3.05, 3.63) is 41.3 Å². The van der Waals surface area contributed by atoms with E-state index in [9.17, 15) is 4.79 Å². The maximum Gasteiger partial charge on any atom is 0.265 e. The fourth-order valence-corrected chi connectivity index (χ4v) is 3.30. The van der Waals surface area contributed by atoms with Crippen molar-refractivity contribution in [2.24, 2.45) is 0 Å². The lowest BCUT2D eigenvalue weighted by Crippen LogP contribution is -2.16. The molecule has 1 aromatic heterocycles. The number of amides is 1. The van der Waals surface area contributed by atoms with Crippen molar-refractivity contribution in [1.82, 2.24) is 0 Å². The van der Waals surface area contributed by atoms with Crippen LogP contribution in [0.25, 0.3) is 0 Å². The molecule has 0 saturated carbocycles. The molecule has 1 amide bonds. The van der Waals surface area contributed by atoms with Crippen molar-refractivity contribution in [1.29, 1.82) is 0 Å². The van der Waals surface area contributed by atoms with Crippen molar-refractivity contribution in [3.8, 4) is 0 Å². The molecule has 1 aliphatic rings. The van der Waals surface area contributed by atoms with Crippen LogP contribution in [0.5, 0.6) is 0 Å². The van der Waals surface area contributed by atoms with E-state index < -0.39 is 0 Å². The van der Waals surface area contributed by atoms with Gasteiger partial charge in [0.05, 0.1) is 21.3 Å². The van der Waals surface area contributed by atoms with Gasteiger partial charge in [-0.15, -0.1) is 11.3 Å². The summed E-state index contributed by atoms with van der Waals surface area (Å²) in [5.74, 6) is -0.0988. The van der Waals surface area contributed by atoms with Gasteiger partial charge in [0.1, 0.15) is 0 Å². The van der Waals surface area contributed by atoms with Crippen LogP contribution in [-0.2, 0) is 0 Å². The number of nitrogens with zero attached hydrogens (tertiary/aromatic N) is 1. The van der Waals surface area contributed by atoms with Gasteiger partial charge in [0.2, 0.25) is 0 Å². The van der Waals surface area contributed by atoms with Crippen molar-refractivity contribution < 1.29 is 4.79 Å². The number of nitrogens with one attached hydrogen (secondary N) is 1. The largest absolute Gasteiger partial charge is 0.397 e. The van der Waals surface area contributed by atoms with Crippen LogP contribution in [0, 0.1) is 0 Å². The average molecular weight is 287 g/mol. The maximum atomic E-state index is 12.2. The molecule has 1 saturated heterocycles. The SMILES string of the molecule is Nc1ccccc1NC(=O)c1ccc(N2CCCC2)s1. The van der Waals surface area contributed by atoms with Crippen LogP contribution in [0.4, 0.5) is 16.4 Å². The monoisotopic (exact) mass is 287 g/mol. The van der Waals surface area contributed by atoms with E-state index in [-0.39, 0.29) is 5.91 Å². The molecule has 0 atom stereocenters. The molecule has 2 aromatic rings. The first-order valence-electron chi connectivity index (χ1n) is 6.75. The van der Waals surface area contributed by atoms with Gasteiger partial charge < -0.3 is 16.0 Å². The fraction of sp³-hybridized carbons (Fsp3) is 0.267. The van der Waals surface area contributed by atoms with Gasteiger partial charge in [-0.3, -0.25) is 4.79 Å². The Hall–Kier alpha value is -2.01. The first-order valence-corrected chi connectivity index (χ1v) is 7.56. The molecule has 0 unspecified atom stereocenters. The number of hydrogen-bond acceptors (Lipinski definition) is 4. The van der Waals surface area contributed by atoms with E-state index in [4.69, 9.17) is 5.73 Å². The molecule has 3 rings (SSSR count). The minimum absolute atomic E-state index is 0.0988. The Bertz CT molecular complexity index is 617. The third-order valence-electron chi connectivity index (χ3n) is 3.44. The lowest BCUT2D eigenvalue weighted by molar-refractivity contribution is 0.103. The summed E-state index contributed by atoms with van der Waals surface area (Å²) in [4.78, 5) is 15.3. The molecule has 104 valence electrons. The summed E-state index contributed by atoms with van der Waals surface area (Å²) in [6, 6.07) is 11.2. The van der Waals surface area contributed by atoms with Crippen LogP contribution in [0.3, 0.4) is 0 Å². The highest BCUT2D eigenvalue weighted by Crippen LogP contribution is 2.29. The number of rotatable bonds is 3. The number of carbonyl (C=O) groups excluding carboxylic acids is 1. The molecule has 5 heteroatoms. The first kappa shape index (κ1) is 13.0. The highest BCUT2D eigenvalue weighted by Gasteiger charge is 2.17. The number of thiophene rings is 1. The molecular formula is C15H17N3OS. The summed E-state index contributed by atoms with van der Waals surface area (Å²) in [5, 5.41) is 4.03. The van der Waals surface area contributed by atoms with Crippen LogP contribution < -0.4 is 16.0 Å². The molecule has 1 aliphatic heterocycles. The van der Waals surface area contributed by atoms with E-state index in [2.05, 4.69) is 10.2 Å². The second-order valence-corrected chi connectivity index (χ2v) is 5.94. The van der Waals surface area contributed by atoms with Gasteiger partial charge in [-0.2, -0.15) is 0 Å². The number of carbonyl (C=O) groups is 1. The van der Waals surface area contributed by atoms with Gasteiger partial charge in [-0.05, 0) is 37.1 Å². The second kappa shape index (κ2) is 5.54. The minimum atomic E-state index is -0.0988. The van der Waals surface area contributed by atoms with Crippen LogP contribution in [-0.4, -0.2) is 19.0 Å². The van der Waals surface area contributed by atoms with E-state index >= 15 is 0 Å². The highest BCUT2D eigenvalue weighted by atomic mass is 32.1. The van der Waals surface area contributed by atoms with Gasteiger partial charge in [0, 0.05) is 13.1 Å². The molecule has 0 radical (unpaired) electrons.